The molecule has 4 aromatic rings. The average Bonchev–Trinajstić information content (AvgIpc) is 3.15. The fraction of sp³-hybridized carbons (Fsp3) is 0.462. The van der Waals surface area contributed by atoms with Crippen LogP contribution in [-0.4, -0.2) is 14.4 Å². The van der Waals surface area contributed by atoms with Crippen LogP contribution in [0.1, 0.15) is 86.7 Å². The number of hydrogen-bond donors (Lipinski definition) is 0. The minimum absolute atomic E-state index is 0.0578. The Morgan fingerprint density at radius 1 is 0.931 bits per heavy atom. The van der Waals surface area contributed by atoms with E-state index in [0.717, 1.165) is 23.0 Å². The van der Waals surface area contributed by atoms with Gasteiger partial charge in [0, 0.05) is 10.8 Å². The van der Waals surface area contributed by atoms with Gasteiger partial charge in [0.1, 0.15) is 11.5 Å². The molecule has 3 aliphatic carbocycles. The molecule has 2 fully saturated rings. The van der Waals surface area contributed by atoms with Gasteiger partial charge in [-0.3, -0.25) is 4.40 Å². The van der Waals surface area contributed by atoms with Crippen molar-refractivity contribution in [1.29, 1.82) is 0 Å². The maximum Gasteiger partial charge on any atom is 0.148 e. The van der Waals surface area contributed by atoms with Crippen LogP contribution < -0.4 is 0 Å². The van der Waals surface area contributed by atoms with Gasteiger partial charge in [-0.05, 0) is 83.7 Å². The van der Waals surface area contributed by atoms with Crippen LogP contribution in [0.5, 0.6) is 0 Å². The van der Waals surface area contributed by atoms with Crippen molar-refractivity contribution >= 4 is 27.6 Å². The molecule has 1 aliphatic heterocycles. The zero-order valence-electron chi connectivity index (χ0n) is 17.3. The third-order valence-corrected chi connectivity index (χ3v) is 9.75. The van der Waals surface area contributed by atoms with Gasteiger partial charge in [-0.25, -0.2) is 9.97 Å². The fourth-order valence-corrected chi connectivity index (χ4v) is 7.59. The molecule has 2 bridgehead atoms. The van der Waals surface area contributed by atoms with Gasteiger partial charge < -0.3 is 0 Å². The smallest absolute Gasteiger partial charge is 0.148 e. The molecule has 4 unspecified atom stereocenters. The van der Waals surface area contributed by atoms with Crippen LogP contribution in [0.25, 0.3) is 27.6 Å². The van der Waals surface area contributed by atoms with Crippen LogP contribution in [0.4, 0.5) is 0 Å². The molecular formula is C26H25N3. The molecular weight excluding hydrogens is 354 g/mol. The van der Waals surface area contributed by atoms with Gasteiger partial charge in [-0.15, -0.1) is 0 Å². The summed E-state index contributed by atoms with van der Waals surface area (Å²) in [5, 5.41) is 1.18. The highest BCUT2D eigenvalue weighted by Gasteiger charge is 2.59. The molecule has 3 heterocycles. The summed E-state index contributed by atoms with van der Waals surface area (Å²) < 4.78 is 2.49. The number of para-hydroxylation sites is 1. The minimum atomic E-state index is 0.0578. The second kappa shape index (κ2) is 4.35. The van der Waals surface area contributed by atoms with Gasteiger partial charge >= 0.3 is 0 Å². The van der Waals surface area contributed by atoms with Crippen molar-refractivity contribution in [3.63, 3.8) is 0 Å². The highest BCUT2D eigenvalue weighted by Crippen LogP contribution is 2.68. The van der Waals surface area contributed by atoms with Gasteiger partial charge in [0.2, 0.25) is 0 Å². The summed E-state index contributed by atoms with van der Waals surface area (Å²) in [5.41, 5.74) is 10.0. The van der Waals surface area contributed by atoms with Gasteiger partial charge in [-0.1, -0.05) is 32.9 Å². The lowest BCUT2D eigenvalue weighted by atomic mass is 9.53. The number of imidazole rings is 1. The van der Waals surface area contributed by atoms with E-state index in [4.69, 9.17) is 9.97 Å². The molecule has 0 spiro atoms. The zero-order valence-corrected chi connectivity index (χ0v) is 17.3. The second-order valence-electron chi connectivity index (χ2n) is 10.8. The molecule has 29 heavy (non-hydrogen) atoms. The van der Waals surface area contributed by atoms with E-state index in [1.807, 2.05) is 0 Å². The predicted molar refractivity (Wildman–Crippen MR) is 116 cm³/mol. The number of nitrogens with zero attached hydrogens (tertiary/aromatic N) is 3. The molecule has 3 nitrogen and oxygen atoms in total. The Balaban J connectivity index is 1.68. The first-order valence-corrected chi connectivity index (χ1v) is 11.3. The lowest BCUT2D eigenvalue weighted by molar-refractivity contribution is 0.190. The number of fused-ring (bicyclic) bond motifs is 11. The van der Waals surface area contributed by atoms with Crippen LogP contribution >= 0.6 is 0 Å². The number of aromatic nitrogens is 3. The van der Waals surface area contributed by atoms with E-state index in [1.54, 1.807) is 16.7 Å². The lowest BCUT2D eigenvalue weighted by Gasteiger charge is -2.51. The van der Waals surface area contributed by atoms with E-state index in [0.29, 0.717) is 5.92 Å². The Bertz CT molecular complexity index is 1420. The van der Waals surface area contributed by atoms with Crippen LogP contribution in [0.15, 0.2) is 30.3 Å². The van der Waals surface area contributed by atoms with Gasteiger partial charge in [0.05, 0.1) is 16.6 Å². The number of hydrogen-bond acceptors (Lipinski definition) is 2. The Labute approximate surface area is 170 Å². The Kier molecular flexibility index (Phi) is 2.32. The quantitative estimate of drug-likeness (QED) is 0.365. The Hall–Kier alpha value is -2.42. The van der Waals surface area contributed by atoms with E-state index in [9.17, 15) is 0 Å². The third kappa shape index (κ3) is 1.41. The molecule has 0 saturated heterocycles. The molecule has 2 saturated carbocycles. The van der Waals surface area contributed by atoms with E-state index in [2.05, 4.69) is 55.5 Å². The van der Waals surface area contributed by atoms with Gasteiger partial charge in [0.15, 0.2) is 0 Å². The predicted octanol–water partition coefficient (Wildman–Crippen LogP) is 6.19. The maximum atomic E-state index is 5.34. The van der Waals surface area contributed by atoms with Gasteiger partial charge in [-0.2, -0.15) is 0 Å². The first-order valence-electron chi connectivity index (χ1n) is 11.3. The molecule has 0 radical (unpaired) electrons. The largest absolute Gasteiger partial charge is 0.279 e. The van der Waals surface area contributed by atoms with E-state index in [-0.39, 0.29) is 10.8 Å². The molecule has 4 atom stereocenters. The molecule has 3 heteroatoms. The first-order chi connectivity index (χ1) is 14.0. The van der Waals surface area contributed by atoms with Crippen LogP contribution in [0.3, 0.4) is 0 Å². The minimum Gasteiger partial charge on any atom is -0.279 e. The van der Waals surface area contributed by atoms with E-state index in [1.165, 1.54) is 47.9 Å². The van der Waals surface area contributed by atoms with Crippen molar-refractivity contribution in [3.05, 3.63) is 52.8 Å². The molecule has 4 aliphatic rings. The summed E-state index contributed by atoms with van der Waals surface area (Å²) in [4.78, 5) is 10.6. The summed E-state index contributed by atoms with van der Waals surface area (Å²) in [6.07, 6.45) is 5.23. The molecule has 0 amide bonds. The van der Waals surface area contributed by atoms with Gasteiger partial charge in [0.25, 0.3) is 0 Å². The first kappa shape index (κ1) is 15.4. The Morgan fingerprint density at radius 2 is 1.76 bits per heavy atom. The molecule has 144 valence electrons. The fourth-order valence-electron chi connectivity index (χ4n) is 7.59. The third-order valence-electron chi connectivity index (χ3n) is 9.75. The standard InChI is InChI=1S/C26H25N3/c1-25(2)17-10-11-26(25,3)24-28-18-7-5-4-6-15(18)23-27-19-12-16-13-8-9-14(13)20(16)21(17)22(19)29(23)24/h4-7,12-14,17H,8-11H2,1-3H3. The van der Waals surface area contributed by atoms with Crippen molar-refractivity contribution < 1.29 is 0 Å². The van der Waals surface area contributed by atoms with Crippen molar-refractivity contribution in [1.82, 2.24) is 14.4 Å². The lowest BCUT2D eigenvalue weighted by Crippen LogP contribution is -2.39. The van der Waals surface area contributed by atoms with E-state index < -0.39 is 0 Å². The summed E-state index contributed by atoms with van der Waals surface area (Å²) in [6.45, 7) is 7.49. The summed E-state index contributed by atoms with van der Waals surface area (Å²) in [6, 6.07) is 11.0. The highest BCUT2D eigenvalue weighted by molar-refractivity contribution is 5.99. The number of rotatable bonds is 0. The van der Waals surface area contributed by atoms with Crippen LogP contribution in [0.2, 0.25) is 0 Å². The summed E-state index contributed by atoms with van der Waals surface area (Å²) >= 11 is 0. The highest BCUT2D eigenvalue weighted by atomic mass is 15.1. The normalized spacial score (nSPS) is 32.9. The summed E-state index contributed by atoms with van der Waals surface area (Å²) in [7, 11) is 0. The van der Waals surface area contributed by atoms with Crippen molar-refractivity contribution in [2.75, 3.05) is 0 Å². The number of benzene rings is 2. The van der Waals surface area contributed by atoms with Crippen LogP contribution in [0, 0.1) is 5.41 Å². The van der Waals surface area contributed by atoms with Crippen LogP contribution in [-0.2, 0) is 5.41 Å². The van der Waals surface area contributed by atoms with Crippen molar-refractivity contribution in [2.24, 2.45) is 5.41 Å². The maximum absolute atomic E-state index is 5.34. The topological polar surface area (TPSA) is 30.2 Å². The second-order valence-corrected chi connectivity index (χ2v) is 10.8. The molecule has 2 aromatic heterocycles. The average molecular weight is 380 g/mol. The van der Waals surface area contributed by atoms with Crippen molar-refractivity contribution in [3.8, 4) is 0 Å². The zero-order chi connectivity index (χ0) is 19.3. The van der Waals surface area contributed by atoms with Crippen molar-refractivity contribution in [2.45, 2.75) is 69.6 Å². The Morgan fingerprint density at radius 3 is 2.59 bits per heavy atom. The molecule has 0 N–H and O–H groups in total. The SMILES string of the molecule is CC12CCC(c3c4c(cc5nc6c7ccccc7nc1n6c35)C1CCC41)C2(C)C. The van der Waals surface area contributed by atoms with E-state index >= 15 is 0 Å². The molecule has 8 rings (SSSR count). The molecule has 2 aromatic carbocycles. The summed E-state index contributed by atoms with van der Waals surface area (Å²) in [5.74, 6) is 3.46. The monoisotopic (exact) mass is 379 g/mol.